The molecule has 1 unspecified atom stereocenters. The van der Waals surface area contributed by atoms with Crippen LogP contribution in [-0.4, -0.2) is 42.2 Å². The van der Waals surface area contributed by atoms with Crippen LogP contribution in [0.4, 0.5) is 0 Å². The Kier molecular flexibility index (Phi) is 15.4. The Morgan fingerprint density at radius 1 is 0.875 bits per heavy atom. The van der Waals surface area contributed by atoms with Gasteiger partial charge in [-0.25, -0.2) is 4.79 Å². The van der Waals surface area contributed by atoms with E-state index in [9.17, 15) is 14.4 Å². The van der Waals surface area contributed by atoms with Crippen molar-refractivity contribution in [2.45, 2.75) is 103 Å². The fourth-order valence-corrected chi connectivity index (χ4v) is 3.69. The highest BCUT2D eigenvalue weighted by molar-refractivity contribution is 7.80. The van der Waals surface area contributed by atoms with E-state index in [0.717, 1.165) is 25.7 Å². The minimum Gasteiger partial charge on any atom is -0.466 e. The summed E-state index contributed by atoms with van der Waals surface area (Å²) in [6.07, 6.45) is 14.5. The molecule has 1 fully saturated rings. The van der Waals surface area contributed by atoms with Gasteiger partial charge >= 0.3 is 11.9 Å². The van der Waals surface area contributed by atoms with Crippen molar-refractivity contribution in [1.29, 1.82) is 0 Å². The second-order valence-corrected chi connectivity index (χ2v) is 8.84. The Morgan fingerprint density at radius 2 is 1.34 bits per heavy atom. The van der Waals surface area contributed by atoms with Crippen LogP contribution in [0.25, 0.3) is 0 Å². The minimum atomic E-state index is -0.423. The average Bonchev–Trinajstić information content (AvgIpc) is 3.08. The van der Waals surface area contributed by atoms with Gasteiger partial charge in [-0.15, -0.1) is 0 Å². The summed E-state index contributed by atoms with van der Waals surface area (Å²) in [5.41, 5.74) is 0.458. The van der Waals surface area contributed by atoms with Gasteiger partial charge in [0.05, 0.1) is 13.2 Å². The Balaban J connectivity index is 1.77. The molecule has 1 aliphatic heterocycles. The molecule has 1 atom stereocenters. The molecule has 0 spiro atoms. The maximum Gasteiger partial charge on any atom is 0.333 e. The van der Waals surface area contributed by atoms with E-state index in [4.69, 9.17) is 21.7 Å². The fraction of sp³-hybridized carbons (Fsp3) is 0.750. The molecule has 0 aromatic rings. The van der Waals surface area contributed by atoms with Crippen LogP contribution in [0.15, 0.2) is 12.2 Å². The number of thiocarbonyl (C=S) groups is 1. The first-order valence-electron chi connectivity index (χ1n) is 12.0. The minimum absolute atomic E-state index is 0.179. The third kappa shape index (κ3) is 14.2. The third-order valence-electron chi connectivity index (χ3n) is 5.38. The van der Waals surface area contributed by atoms with E-state index in [1.54, 1.807) is 6.92 Å². The summed E-state index contributed by atoms with van der Waals surface area (Å²) >= 11 is 4.87. The molecule has 0 aliphatic carbocycles. The molecule has 1 heterocycles. The van der Waals surface area contributed by atoms with Crippen molar-refractivity contribution in [3.63, 3.8) is 0 Å². The largest absolute Gasteiger partial charge is 0.466 e. The van der Waals surface area contributed by atoms with Crippen LogP contribution in [0.5, 0.6) is 0 Å². The summed E-state index contributed by atoms with van der Waals surface area (Å²) in [6, 6.07) is -0.423. The lowest BCUT2D eigenvalue weighted by molar-refractivity contribution is -0.144. The van der Waals surface area contributed by atoms with Crippen LogP contribution >= 0.6 is 12.2 Å². The molecule has 1 saturated heterocycles. The SMILES string of the molecule is C=C(C)C(=O)OCCCCCCCCCCCCCCOC(=O)CCC1NC(=S)NC1=O. The molecule has 7 nitrogen and oxygen atoms in total. The van der Waals surface area contributed by atoms with Gasteiger partial charge in [0, 0.05) is 12.0 Å². The smallest absolute Gasteiger partial charge is 0.333 e. The standard InChI is InChI=1S/C24H40N2O5S/c1-19(2)23(29)31-18-14-12-10-8-6-4-3-5-7-9-11-13-17-30-21(27)16-15-20-22(28)26-24(32)25-20/h20H,1,3-18H2,2H3,(H2,25,26,28,32). The molecule has 1 amide bonds. The van der Waals surface area contributed by atoms with Crippen molar-refractivity contribution in [1.82, 2.24) is 10.6 Å². The summed E-state index contributed by atoms with van der Waals surface area (Å²) in [6.45, 7) is 6.18. The quantitative estimate of drug-likeness (QED) is 0.125. The van der Waals surface area contributed by atoms with Gasteiger partial charge in [0.15, 0.2) is 5.11 Å². The number of carbonyl (C=O) groups is 3. The Hall–Kier alpha value is -1.96. The molecule has 1 aliphatic rings. The Morgan fingerprint density at radius 3 is 1.78 bits per heavy atom. The molecule has 32 heavy (non-hydrogen) atoms. The zero-order chi connectivity index (χ0) is 23.6. The average molecular weight is 469 g/mol. The molecule has 0 saturated carbocycles. The first-order chi connectivity index (χ1) is 15.4. The Bertz CT molecular complexity index is 624. The van der Waals surface area contributed by atoms with E-state index in [0.29, 0.717) is 30.3 Å². The second-order valence-electron chi connectivity index (χ2n) is 8.43. The second kappa shape index (κ2) is 17.6. The van der Waals surface area contributed by atoms with Crippen molar-refractivity contribution in [2.75, 3.05) is 13.2 Å². The molecule has 1 rings (SSSR count). The van der Waals surface area contributed by atoms with Crippen LogP contribution in [0.3, 0.4) is 0 Å². The monoisotopic (exact) mass is 468 g/mol. The Labute approximate surface area is 198 Å². The highest BCUT2D eigenvalue weighted by Gasteiger charge is 2.27. The van der Waals surface area contributed by atoms with Crippen LogP contribution < -0.4 is 10.6 Å². The third-order valence-corrected chi connectivity index (χ3v) is 5.60. The summed E-state index contributed by atoms with van der Waals surface area (Å²) < 4.78 is 10.3. The van der Waals surface area contributed by atoms with E-state index in [1.165, 1.54) is 51.4 Å². The predicted octanol–water partition coefficient (Wildman–Crippen LogP) is 4.48. The molecule has 182 valence electrons. The highest BCUT2D eigenvalue weighted by Crippen LogP contribution is 2.12. The van der Waals surface area contributed by atoms with Gasteiger partial charge in [0.25, 0.3) is 0 Å². The number of carbonyl (C=O) groups excluding carboxylic acids is 3. The number of hydrogen-bond donors (Lipinski definition) is 2. The van der Waals surface area contributed by atoms with E-state index in [1.807, 2.05) is 0 Å². The van der Waals surface area contributed by atoms with Crippen molar-refractivity contribution in [3.05, 3.63) is 12.2 Å². The maximum atomic E-state index is 11.7. The molecule has 8 heteroatoms. The van der Waals surface area contributed by atoms with E-state index < -0.39 is 6.04 Å². The number of hydrogen-bond acceptors (Lipinski definition) is 6. The zero-order valence-electron chi connectivity index (χ0n) is 19.5. The first kappa shape index (κ1) is 28.1. The molecule has 0 bridgehead atoms. The van der Waals surface area contributed by atoms with Crippen molar-refractivity contribution < 1.29 is 23.9 Å². The van der Waals surface area contributed by atoms with Gasteiger partial charge in [0.1, 0.15) is 6.04 Å². The molecular weight excluding hydrogens is 428 g/mol. The van der Waals surface area contributed by atoms with Crippen LogP contribution in [0.2, 0.25) is 0 Å². The lowest BCUT2D eigenvalue weighted by atomic mass is 10.1. The van der Waals surface area contributed by atoms with Crippen LogP contribution in [0.1, 0.15) is 96.8 Å². The highest BCUT2D eigenvalue weighted by atomic mass is 32.1. The summed E-state index contributed by atoms with van der Waals surface area (Å²) in [5, 5.41) is 5.67. The lowest BCUT2D eigenvalue weighted by Gasteiger charge is -2.08. The van der Waals surface area contributed by atoms with E-state index >= 15 is 0 Å². The van der Waals surface area contributed by atoms with Crippen molar-refractivity contribution >= 4 is 35.2 Å². The molecule has 0 aromatic carbocycles. The molecule has 0 aromatic heterocycles. The number of esters is 2. The molecular formula is C24H40N2O5S. The normalized spacial score (nSPS) is 15.2. The van der Waals surface area contributed by atoms with Gasteiger partial charge in [-0.1, -0.05) is 70.8 Å². The van der Waals surface area contributed by atoms with Crippen LogP contribution in [-0.2, 0) is 23.9 Å². The number of rotatable bonds is 19. The topological polar surface area (TPSA) is 93.7 Å². The predicted molar refractivity (Wildman–Crippen MR) is 129 cm³/mol. The van der Waals surface area contributed by atoms with Gasteiger partial charge in [-0.05, 0) is 38.4 Å². The summed E-state index contributed by atoms with van der Waals surface area (Å²) in [5.74, 6) is -0.729. The molecule has 2 N–H and O–H groups in total. The number of unbranched alkanes of at least 4 members (excludes halogenated alkanes) is 11. The number of ether oxygens (including phenoxy) is 2. The van der Waals surface area contributed by atoms with E-state index in [2.05, 4.69) is 17.2 Å². The van der Waals surface area contributed by atoms with E-state index in [-0.39, 0.29) is 24.3 Å². The summed E-state index contributed by atoms with van der Waals surface area (Å²) in [4.78, 5) is 34.5. The fourth-order valence-electron chi connectivity index (χ4n) is 3.44. The van der Waals surface area contributed by atoms with Crippen molar-refractivity contribution in [3.8, 4) is 0 Å². The number of amides is 1. The lowest BCUT2D eigenvalue weighted by Crippen LogP contribution is -2.29. The van der Waals surface area contributed by atoms with Gasteiger partial charge in [-0.2, -0.15) is 0 Å². The number of nitrogens with one attached hydrogen (secondary N) is 2. The van der Waals surface area contributed by atoms with Gasteiger partial charge in [-0.3, -0.25) is 9.59 Å². The zero-order valence-corrected chi connectivity index (χ0v) is 20.4. The molecule has 0 radical (unpaired) electrons. The van der Waals surface area contributed by atoms with Crippen molar-refractivity contribution in [2.24, 2.45) is 0 Å². The van der Waals surface area contributed by atoms with Gasteiger partial charge in [0.2, 0.25) is 5.91 Å². The van der Waals surface area contributed by atoms with Crippen LogP contribution in [0, 0.1) is 0 Å². The summed E-state index contributed by atoms with van der Waals surface area (Å²) in [7, 11) is 0. The van der Waals surface area contributed by atoms with Gasteiger partial charge < -0.3 is 20.1 Å². The first-order valence-corrected chi connectivity index (χ1v) is 12.4. The maximum absolute atomic E-state index is 11.7.